The molecule has 3 aromatic rings. The molecule has 23 heavy (non-hydrogen) atoms. The highest BCUT2D eigenvalue weighted by molar-refractivity contribution is 6.23. The summed E-state index contributed by atoms with van der Waals surface area (Å²) in [5.41, 5.74) is -1.19. The molecule has 0 aliphatic rings. The standard InChI is InChI=1S/C17H10O6/c18-15(19)11-6-5-10-9-4-2-1-3-8(9)7-12(16(20)21)13(10)14(11)17(22)23/h1-7H,(H,18,19)(H,20,21)(H,22,23). The lowest BCUT2D eigenvalue weighted by molar-refractivity contribution is 0.0652. The molecule has 0 bridgehead atoms. The average molecular weight is 310 g/mol. The molecule has 0 amide bonds. The van der Waals surface area contributed by atoms with Crippen molar-refractivity contribution in [3.8, 4) is 0 Å². The summed E-state index contributed by atoms with van der Waals surface area (Å²) in [5.74, 6) is -4.22. The van der Waals surface area contributed by atoms with Crippen LogP contribution in [0.1, 0.15) is 31.1 Å². The highest BCUT2D eigenvalue weighted by Crippen LogP contribution is 2.33. The molecule has 3 aromatic carbocycles. The SMILES string of the molecule is O=C(O)c1ccc2c(c(C(=O)O)cc3ccccc32)c1C(=O)O. The third-order valence-electron chi connectivity index (χ3n) is 3.70. The largest absolute Gasteiger partial charge is 0.478 e. The maximum absolute atomic E-state index is 11.6. The molecule has 0 heterocycles. The van der Waals surface area contributed by atoms with Gasteiger partial charge in [0, 0.05) is 5.39 Å². The van der Waals surface area contributed by atoms with E-state index < -0.39 is 29.0 Å². The van der Waals surface area contributed by atoms with Crippen LogP contribution in [0.25, 0.3) is 21.5 Å². The predicted octanol–water partition coefficient (Wildman–Crippen LogP) is 3.09. The number of hydrogen-bond donors (Lipinski definition) is 3. The van der Waals surface area contributed by atoms with Gasteiger partial charge < -0.3 is 15.3 Å². The van der Waals surface area contributed by atoms with Gasteiger partial charge in [0.15, 0.2) is 0 Å². The Hall–Kier alpha value is -3.41. The first-order valence-electron chi connectivity index (χ1n) is 6.60. The Balaban J connectivity index is 2.65. The lowest BCUT2D eigenvalue weighted by Gasteiger charge is -2.12. The van der Waals surface area contributed by atoms with Crippen molar-refractivity contribution in [3.05, 3.63) is 59.2 Å². The summed E-state index contributed by atoms with van der Waals surface area (Å²) in [4.78, 5) is 34.5. The van der Waals surface area contributed by atoms with Crippen molar-refractivity contribution < 1.29 is 29.7 Å². The van der Waals surface area contributed by atoms with Crippen molar-refractivity contribution in [2.45, 2.75) is 0 Å². The monoisotopic (exact) mass is 310 g/mol. The van der Waals surface area contributed by atoms with Gasteiger partial charge in [-0.25, -0.2) is 14.4 Å². The van der Waals surface area contributed by atoms with Gasteiger partial charge in [-0.15, -0.1) is 0 Å². The van der Waals surface area contributed by atoms with Gasteiger partial charge in [-0.1, -0.05) is 30.3 Å². The fraction of sp³-hybridized carbons (Fsp3) is 0. The summed E-state index contributed by atoms with van der Waals surface area (Å²) in [6, 6.07) is 10.9. The molecule has 6 heteroatoms. The van der Waals surface area contributed by atoms with Crippen LogP contribution in [0.5, 0.6) is 0 Å². The molecule has 3 N–H and O–H groups in total. The Bertz CT molecular complexity index is 1000. The number of hydrogen-bond acceptors (Lipinski definition) is 3. The Morgan fingerprint density at radius 3 is 1.96 bits per heavy atom. The third kappa shape index (κ3) is 2.17. The van der Waals surface area contributed by atoms with E-state index in [0.29, 0.717) is 16.2 Å². The Morgan fingerprint density at radius 1 is 0.696 bits per heavy atom. The second kappa shape index (κ2) is 5.10. The minimum atomic E-state index is -1.48. The number of carboxylic acid groups (broad SMARTS) is 3. The van der Waals surface area contributed by atoms with Crippen molar-refractivity contribution in [2.75, 3.05) is 0 Å². The maximum atomic E-state index is 11.6. The first kappa shape index (κ1) is 14.5. The zero-order valence-corrected chi connectivity index (χ0v) is 11.6. The quantitative estimate of drug-likeness (QED) is 0.641. The topological polar surface area (TPSA) is 112 Å². The molecule has 0 unspecified atom stereocenters. The molecule has 0 spiro atoms. The van der Waals surface area contributed by atoms with Crippen LogP contribution in [0, 0.1) is 0 Å². The second-order valence-corrected chi connectivity index (χ2v) is 4.97. The van der Waals surface area contributed by atoms with Crippen LogP contribution in [0.15, 0.2) is 42.5 Å². The molecule has 0 aliphatic carbocycles. The van der Waals surface area contributed by atoms with E-state index in [1.165, 1.54) is 18.2 Å². The molecular formula is C17H10O6. The minimum Gasteiger partial charge on any atom is -0.478 e. The predicted molar refractivity (Wildman–Crippen MR) is 82.3 cm³/mol. The molecule has 114 valence electrons. The molecule has 6 nitrogen and oxygen atoms in total. The third-order valence-corrected chi connectivity index (χ3v) is 3.70. The molecule has 0 aromatic heterocycles. The number of carboxylic acids is 3. The van der Waals surface area contributed by atoms with Crippen molar-refractivity contribution in [2.24, 2.45) is 0 Å². The van der Waals surface area contributed by atoms with Crippen molar-refractivity contribution >= 4 is 39.5 Å². The Labute approximate surface area is 129 Å². The molecule has 0 radical (unpaired) electrons. The summed E-state index contributed by atoms with van der Waals surface area (Å²) in [7, 11) is 0. The van der Waals surface area contributed by atoms with Gasteiger partial charge >= 0.3 is 17.9 Å². The first-order chi connectivity index (χ1) is 10.9. The maximum Gasteiger partial charge on any atom is 0.337 e. The molecule has 0 saturated carbocycles. The zero-order valence-electron chi connectivity index (χ0n) is 11.6. The molecule has 0 atom stereocenters. The summed E-state index contributed by atoms with van der Waals surface area (Å²) in [6.07, 6.45) is 0. The van der Waals surface area contributed by atoms with Gasteiger partial charge in [-0.3, -0.25) is 0 Å². The number of carbonyl (C=O) groups is 3. The number of fused-ring (bicyclic) bond motifs is 3. The summed E-state index contributed by atoms with van der Waals surface area (Å²) >= 11 is 0. The molecule has 3 rings (SSSR count). The lowest BCUT2D eigenvalue weighted by Crippen LogP contribution is -2.11. The van der Waals surface area contributed by atoms with Gasteiger partial charge in [-0.2, -0.15) is 0 Å². The van der Waals surface area contributed by atoms with Crippen molar-refractivity contribution in [1.29, 1.82) is 0 Å². The second-order valence-electron chi connectivity index (χ2n) is 4.97. The van der Waals surface area contributed by atoms with Crippen molar-refractivity contribution in [3.63, 3.8) is 0 Å². The van der Waals surface area contributed by atoms with E-state index in [1.54, 1.807) is 24.3 Å². The zero-order chi connectivity index (χ0) is 16.7. The summed E-state index contributed by atoms with van der Waals surface area (Å²) in [6.45, 7) is 0. The van der Waals surface area contributed by atoms with Crippen LogP contribution in [0.4, 0.5) is 0 Å². The number of benzene rings is 3. The highest BCUT2D eigenvalue weighted by atomic mass is 16.4. The smallest absolute Gasteiger partial charge is 0.337 e. The summed E-state index contributed by atoms with van der Waals surface area (Å²) in [5, 5.41) is 29.7. The fourth-order valence-electron chi connectivity index (χ4n) is 2.77. The minimum absolute atomic E-state index is 0.0800. The van der Waals surface area contributed by atoms with Gasteiger partial charge in [-0.05, 0) is 28.3 Å². The van der Waals surface area contributed by atoms with Gasteiger partial charge in [0.25, 0.3) is 0 Å². The fourth-order valence-corrected chi connectivity index (χ4v) is 2.77. The molecular weight excluding hydrogens is 300 g/mol. The first-order valence-corrected chi connectivity index (χ1v) is 6.60. The normalized spacial score (nSPS) is 10.8. The highest BCUT2D eigenvalue weighted by Gasteiger charge is 2.24. The Morgan fingerprint density at radius 2 is 1.35 bits per heavy atom. The van der Waals surface area contributed by atoms with Crippen LogP contribution in [-0.2, 0) is 0 Å². The molecule has 0 aliphatic heterocycles. The van der Waals surface area contributed by atoms with Crippen molar-refractivity contribution in [1.82, 2.24) is 0 Å². The Kier molecular flexibility index (Phi) is 3.22. The van der Waals surface area contributed by atoms with Crippen LogP contribution in [0.3, 0.4) is 0 Å². The van der Waals surface area contributed by atoms with Crippen LogP contribution >= 0.6 is 0 Å². The van der Waals surface area contributed by atoms with E-state index >= 15 is 0 Å². The van der Waals surface area contributed by atoms with Crippen LogP contribution in [-0.4, -0.2) is 33.2 Å². The average Bonchev–Trinajstić information content (AvgIpc) is 2.52. The van der Waals surface area contributed by atoms with E-state index in [9.17, 15) is 29.7 Å². The lowest BCUT2D eigenvalue weighted by atomic mass is 9.91. The van der Waals surface area contributed by atoms with E-state index in [-0.39, 0.29) is 10.9 Å². The van der Waals surface area contributed by atoms with E-state index in [1.807, 2.05) is 0 Å². The van der Waals surface area contributed by atoms with Gasteiger partial charge in [0.2, 0.25) is 0 Å². The number of aromatic carboxylic acids is 3. The van der Waals surface area contributed by atoms with Gasteiger partial charge in [0.1, 0.15) is 0 Å². The molecule has 0 saturated heterocycles. The van der Waals surface area contributed by atoms with Crippen LogP contribution < -0.4 is 0 Å². The number of rotatable bonds is 3. The van der Waals surface area contributed by atoms with E-state index in [4.69, 9.17) is 0 Å². The van der Waals surface area contributed by atoms with Crippen LogP contribution in [0.2, 0.25) is 0 Å². The van der Waals surface area contributed by atoms with E-state index in [0.717, 1.165) is 0 Å². The van der Waals surface area contributed by atoms with Gasteiger partial charge in [0.05, 0.1) is 16.7 Å². The summed E-state index contributed by atoms with van der Waals surface area (Å²) < 4.78 is 0. The van der Waals surface area contributed by atoms with E-state index in [2.05, 4.69) is 0 Å². The molecule has 0 fully saturated rings.